The molecular formula is C15H24BrFN2. The van der Waals surface area contributed by atoms with Crippen molar-refractivity contribution in [3.63, 3.8) is 0 Å². The Morgan fingerprint density at radius 1 is 1.42 bits per heavy atom. The second-order valence-corrected chi connectivity index (χ2v) is 6.24. The van der Waals surface area contributed by atoms with Crippen molar-refractivity contribution in [3.05, 3.63) is 34.1 Å². The first-order valence-electron chi connectivity index (χ1n) is 6.63. The highest BCUT2D eigenvalue weighted by atomic mass is 79.9. The third-order valence-corrected chi connectivity index (χ3v) is 5.01. The lowest BCUT2D eigenvalue weighted by Crippen LogP contribution is -2.57. The van der Waals surface area contributed by atoms with Crippen LogP contribution >= 0.6 is 15.9 Å². The van der Waals surface area contributed by atoms with Crippen molar-refractivity contribution < 1.29 is 4.39 Å². The van der Waals surface area contributed by atoms with Gasteiger partial charge in [0.2, 0.25) is 0 Å². The van der Waals surface area contributed by atoms with Gasteiger partial charge in [0, 0.05) is 16.1 Å². The molecule has 0 aliphatic heterocycles. The summed E-state index contributed by atoms with van der Waals surface area (Å²) in [7, 11) is 6.20. The van der Waals surface area contributed by atoms with Gasteiger partial charge in [0.15, 0.2) is 0 Å². The quantitative estimate of drug-likeness (QED) is 0.859. The Labute approximate surface area is 124 Å². The SMILES string of the molecule is CCC(C)(C(Cc1ccc(F)cc1Br)NC)N(C)C. The molecule has 1 N–H and O–H groups in total. The van der Waals surface area contributed by atoms with E-state index in [0.29, 0.717) is 6.04 Å². The molecule has 0 saturated carbocycles. The minimum atomic E-state index is -0.206. The van der Waals surface area contributed by atoms with Crippen molar-refractivity contribution >= 4 is 15.9 Å². The van der Waals surface area contributed by atoms with Crippen molar-refractivity contribution in [1.82, 2.24) is 10.2 Å². The van der Waals surface area contributed by atoms with Crippen molar-refractivity contribution in [2.75, 3.05) is 21.1 Å². The van der Waals surface area contributed by atoms with Crippen LogP contribution in [0.4, 0.5) is 4.39 Å². The van der Waals surface area contributed by atoms with Gasteiger partial charge in [-0.1, -0.05) is 28.9 Å². The highest BCUT2D eigenvalue weighted by Crippen LogP contribution is 2.27. The van der Waals surface area contributed by atoms with Crippen LogP contribution in [0.3, 0.4) is 0 Å². The maximum atomic E-state index is 13.1. The second-order valence-electron chi connectivity index (χ2n) is 5.39. The van der Waals surface area contributed by atoms with Crippen LogP contribution in [0.5, 0.6) is 0 Å². The number of hydrogen-bond acceptors (Lipinski definition) is 2. The number of rotatable bonds is 6. The lowest BCUT2D eigenvalue weighted by atomic mass is 9.84. The molecule has 2 atom stereocenters. The standard InChI is InChI=1S/C15H24BrFN2/c1-6-15(2,19(4)5)14(18-3)9-11-7-8-12(17)10-13(11)16/h7-8,10,14,18H,6,9H2,1-5H3. The van der Waals surface area contributed by atoms with Crippen LogP contribution in [0.1, 0.15) is 25.8 Å². The number of nitrogens with one attached hydrogen (secondary N) is 1. The van der Waals surface area contributed by atoms with Gasteiger partial charge in [-0.25, -0.2) is 4.39 Å². The first kappa shape index (κ1) is 16.6. The molecule has 4 heteroatoms. The molecule has 108 valence electrons. The van der Waals surface area contributed by atoms with Gasteiger partial charge in [-0.2, -0.15) is 0 Å². The summed E-state index contributed by atoms with van der Waals surface area (Å²) in [5, 5.41) is 3.41. The lowest BCUT2D eigenvalue weighted by Gasteiger charge is -2.43. The van der Waals surface area contributed by atoms with Gasteiger partial charge in [0.1, 0.15) is 5.82 Å². The number of nitrogens with zero attached hydrogens (tertiary/aromatic N) is 1. The molecule has 0 spiro atoms. The summed E-state index contributed by atoms with van der Waals surface area (Å²) in [6, 6.07) is 5.21. The molecule has 0 saturated heterocycles. The summed E-state index contributed by atoms with van der Waals surface area (Å²) in [5.74, 6) is -0.206. The Hall–Kier alpha value is -0.450. The van der Waals surface area contributed by atoms with Crippen LogP contribution in [0.15, 0.2) is 22.7 Å². The Morgan fingerprint density at radius 3 is 2.47 bits per heavy atom. The topological polar surface area (TPSA) is 15.3 Å². The molecule has 0 fully saturated rings. The van der Waals surface area contributed by atoms with E-state index >= 15 is 0 Å². The summed E-state index contributed by atoms with van der Waals surface area (Å²) in [6.07, 6.45) is 1.91. The molecule has 19 heavy (non-hydrogen) atoms. The van der Waals surface area contributed by atoms with Gasteiger partial charge >= 0.3 is 0 Å². The number of likely N-dealkylation sites (N-methyl/N-ethyl adjacent to an activating group) is 2. The number of hydrogen-bond donors (Lipinski definition) is 1. The molecule has 1 rings (SSSR count). The monoisotopic (exact) mass is 330 g/mol. The Kier molecular flexibility index (Phi) is 5.96. The fourth-order valence-corrected chi connectivity index (χ4v) is 2.93. The molecule has 0 heterocycles. The molecule has 1 aromatic rings. The van der Waals surface area contributed by atoms with Crippen molar-refractivity contribution in [3.8, 4) is 0 Å². The van der Waals surface area contributed by atoms with Crippen molar-refractivity contribution in [2.45, 2.75) is 38.3 Å². The van der Waals surface area contributed by atoms with E-state index in [-0.39, 0.29) is 11.4 Å². The molecule has 0 bridgehead atoms. The van der Waals surface area contributed by atoms with Crippen molar-refractivity contribution in [2.24, 2.45) is 0 Å². The van der Waals surface area contributed by atoms with Gasteiger partial charge < -0.3 is 10.2 Å². The summed E-state index contributed by atoms with van der Waals surface area (Å²) < 4.78 is 14.0. The average Bonchev–Trinajstić information content (AvgIpc) is 2.36. The van der Waals surface area contributed by atoms with E-state index < -0.39 is 0 Å². The Morgan fingerprint density at radius 2 is 2.05 bits per heavy atom. The highest BCUT2D eigenvalue weighted by Gasteiger charge is 2.33. The summed E-state index contributed by atoms with van der Waals surface area (Å²) >= 11 is 3.45. The smallest absolute Gasteiger partial charge is 0.124 e. The third-order valence-electron chi connectivity index (χ3n) is 4.28. The number of halogens is 2. The van der Waals surface area contributed by atoms with E-state index in [2.05, 4.69) is 54.1 Å². The van der Waals surface area contributed by atoms with Gasteiger partial charge in [-0.3, -0.25) is 0 Å². The van der Waals surface area contributed by atoms with Crippen molar-refractivity contribution in [1.29, 1.82) is 0 Å². The zero-order valence-corrected chi connectivity index (χ0v) is 14.0. The van der Waals surface area contributed by atoms with E-state index in [4.69, 9.17) is 0 Å². The summed E-state index contributed by atoms with van der Waals surface area (Å²) in [6.45, 7) is 4.45. The predicted octanol–water partition coefficient (Wildman–Crippen LogP) is 3.45. The van der Waals surface area contributed by atoms with Gasteiger partial charge in [0.05, 0.1) is 0 Å². The van der Waals surface area contributed by atoms with Crippen LogP contribution in [0.2, 0.25) is 0 Å². The van der Waals surface area contributed by atoms with E-state index in [1.54, 1.807) is 0 Å². The fraction of sp³-hybridized carbons (Fsp3) is 0.600. The largest absolute Gasteiger partial charge is 0.315 e. The zero-order chi connectivity index (χ0) is 14.6. The molecule has 0 radical (unpaired) electrons. The van der Waals surface area contributed by atoms with Crippen LogP contribution in [-0.4, -0.2) is 37.6 Å². The van der Waals surface area contributed by atoms with E-state index in [0.717, 1.165) is 22.9 Å². The zero-order valence-electron chi connectivity index (χ0n) is 12.4. The molecule has 2 nitrogen and oxygen atoms in total. The normalized spacial score (nSPS) is 16.4. The minimum Gasteiger partial charge on any atom is -0.315 e. The molecular weight excluding hydrogens is 307 g/mol. The number of benzene rings is 1. The maximum Gasteiger partial charge on any atom is 0.124 e. The van der Waals surface area contributed by atoms with Crippen LogP contribution in [-0.2, 0) is 6.42 Å². The van der Waals surface area contributed by atoms with Crippen LogP contribution in [0, 0.1) is 5.82 Å². The fourth-order valence-electron chi connectivity index (χ4n) is 2.41. The van der Waals surface area contributed by atoms with Gasteiger partial charge in [-0.15, -0.1) is 0 Å². The second kappa shape index (κ2) is 6.82. The minimum absolute atomic E-state index is 0.0581. The lowest BCUT2D eigenvalue weighted by molar-refractivity contribution is 0.116. The first-order chi connectivity index (χ1) is 8.85. The van der Waals surface area contributed by atoms with E-state index in [1.807, 2.05) is 13.1 Å². The van der Waals surface area contributed by atoms with Gasteiger partial charge in [0.25, 0.3) is 0 Å². The predicted molar refractivity (Wildman–Crippen MR) is 83.0 cm³/mol. The van der Waals surface area contributed by atoms with Gasteiger partial charge in [-0.05, 0) is 58.6 Å². The van der Waals surface area contributed by atoms with Crippen LogP contribution < -0.4 is 5.32 Å². The highest BCUT2D eigenvalue weighted by molar-refractivity contribution is 9.10. The molecule has 0 aliphatic rings. The Balaban J connectivity index is 2.99. The molecule has 0 amide bonds. The molecule has 2 unspecified atom stereocenters. The van der Waals surface area contributed by atoms with E-state index in [9.17, 15) is 4.39 Å². The first-order valence-corrected chi connectivity index (χ1v) is 7.43. The molecule has 0 aromatic heterocycles. The average molecular weight is 331 g/mol. The molecule has 0 aliphatic carbocycles. The maximum absolute atomic E-state index is 13.1. The van der Waals surface area contributed by atoms with Crippen LogP contribution in [0.25, 0.3) is 0 Å². The summed E-state index contributed by atoms with van der Waals surface area (Å²) in [5.41, 5.74) is 1.19. The third kappa shape index (κ3) is 3.77. The summed E-state index contributed by atoms with van der Waals surface area (Å²) in [4.78, 5) is 2.26. The Bertz CT molecular complexity index is 423. The molecule has 1 aromatic carbocycles. The van der Waals surface area contributed by atoms with E-state index in [1.165, 1.54) is 12.1 Å².